The van der Waals surface area contributed by atoms with Crippen LogP contribution in [0.25, 0.3) is 10.4 Å². The summed E-state index contributed by atoms with van der Waals surface area (Å²) in [5.74, 6) is -0.300. The Morgan fingerprint density at radius 1 is 0.842 bits per heavy atom. The number of benzene rings is 3. The largest absolute Gasteiger partial charge is 0.374 e. The summed E-state index contributed by atoms with van der Waals surface area (Å²) in [4.78, 5) is 15.1. The molecule has 3 aromatic carbocycles. The van der Waals surface area contributed by atoms with Gasteiger partial charge in [-0.1, -0.05) is 96.1 Å². The van der Waals surface area contributed by atoms with E-state index in [0.29, 0.717) is 13.2 Å². The van der Waals surface area contributed by atoms with E-state index < -0.39 is 30.6 Å². The summed E-state index contributed by atoms with van der Waals surface area (Å²) in [5, 5.41) is 6.70. The number of ether oxygens (including phenoxy) is 4. The van der Waals surface area contributed by atoms with E-state index in [1.807, 2.05) is 91.0 Å². The van der Waals surface area contributed by atoms with Gasteiger partial charge in [-0.3, -0.25) is 4.79 Å². The van der Waals surface area contributed by atoms with E-state index in [1.165, 1.54) is 6.92 Å². The van der Waals surface area contributed by atoms with E-state index >= 15 is 0 Å². The maximum absolute atomic E-state index is 12.2. The van der Waals surface area contributed by atoms with Gasteiger partial charge in [0.15, 0.2) is 6.23 Å². The van der Waals surface area contributed by atoms with Crippen LogP contribution in [0.2, 0.25) is 0 Å². The van der Waals surface area contributed by atoms with Crippen LogP contribution in [0.15, 0.2) is 96.1 Å². The molecule has 0 saturated carbocycles. The molecule has 0 radical (unpaired) electrons. The molecule has 0 aliphatic carbocycles. The van der Waals surface area contributed by atoms with Crippen LogP contribution >= 0.6 is 0 Å². The Balaban J connectivity index is 1.59. The standard InChI is InChI=1S/C29H32N4O5/c1-21(34)31-26-28(37-19-24-15-9-4-10-16-24)27(36-18-23-13-7-3-8-14-23)25(38-29(26)32-33-30)20-35-17-22-11-5-2-6-12-22/h2-16,25-29H,17-20H2,1H3,(H,31,34). The fourth-order valence-electron chi connectivity index (χ4n) is 4.39. The van der Waals surface area contributed by atoms with Gasteiger partial charge in [0.1, 0.15) is 18.3 Å². The second-order valence-corrected chi connectivity index (χ2v) is 9.02. The molecule has 9 nitrogen and oxygen atoms in total. The smallest absolute Gasteiger partial charge is 0.217 e. The first-order chi connectivity index (χ1) is 18.6. The molecule has 0 bridgehead atoms. The van der Waals surface area contributed by atoms with Gasteiger partial charge in [-0.05, 0) is 22.2 Å². The van der Waals surface area contributed by atoms with Crippen LogP contribution in [0.4, 0.5) is 0 Å². The van der Waals surface area contributed by atoms with E-state index in [-0.39, 0.29) is 19.1 Å². The molecule has 3 aromatic rings. The number of carbonyl (C=O) groups excluding carboxylic acids is 1. The highest BCUT2D eigenvalue weighted by molar-refractivity contribution is 5.73. The molecule has 1 saturated heterocycles. The number of hydrogen-bond donors (Lipinski definition) is 1. The van der Waals surface area contributed by atoms with Gasteiger partial charge in [-0.15, -0.1) is 0 Å². The van der Waals surface area contributed by atoms with Gasteiger partial charge in [0.25, 0.3) is 0 Å². The summed E-state index contributed by atoms with van der Waals surface area (Å²) in [6.45, 7) is 2.52. The first-order valence-electron chi connectivity index (χ1n) is 12.5. The second kappa shape index (κ2) is 14.3. The lowest BCUT2D eigenvalue weighted by atomic mass is 9.95. The summed E-state index contributed by atoms with van der Waals surface area (Å²) in [5.41, 5.74) is 12.2. The minimum absolute atomic E-state index is 0.170. The van der Waals surface area contributed by atoms with Gasteiger partial charge in [0, 0.05) is 11.8 Å². The summed E-state index contributed by atoms with van der Waals surface area (Å²) in [7, 11) is 0. The van der Waals surface area contributed by atoms with Gasteiger partial charge in [-0.2, -0.15) is 0 Å². The average molecular weight is 517 g/mol. The normalized spacial score (nSPS) is 22.8. The summed E-state index contributed by atoms with van der Waals surface area (Å²) >= 11 is 0. The van der Waals surface area contributed by atoms with Gasteiger partial charge in [-0.25, -0.2) is 0 Å². The summed E-state index contributed by atoms with van der Waals surface area (Å²) < 4.78 is 25.0. The van der Waals surface area contributed by atoms with Gasteiger partial charge in [0.05, 0.1) is 32.5 Å². The van der Waals surface area contributed by atoms with Crippen LogP contribution in [-0.4, -0.2) is 43.1 Å². The van der Waals surface area contributed by atoms with Gasteiger partial charge >= 0.3 is 0 Å². The number of nitrogens with zero attached hydrogens (tertiary/aromatic N) is 3. The van der Waals surface area contributed by atoms with Gasteiger partial charge < -0.3 is 24.3 Å². The SMILES string of the molecule is CC(=O)NC1C(N=[N+]=[N-])OC(COCc2ccccc2)C(OCc2ccccc2)C1OCc1ccccc1. The first-order valence-corrected chi connectivity index (χ1v) is 12.5. The zero-order valence-electron chi connectivity index (χ0n) is 21.3. The van der Waals surface area contributed by atoms with E-state index in [1.54, 1.807) is 0 Å². The molecule has 5 unspecified atom stereocenters. The zero-order chi connectivity index (χ0) is 26.6. The predicted molar refractivity (Wildman–Crippen MR) is 142 cm³/mol. The van der Waals surface area contributed by atoms with Crippen molar-refractivity contribution in [2.45, 2.75) is 57.3 Å². The van der Waals surface area contributed by atoms with Crippen LogP contribution in [0.3, 0.4) is 0 Å². The Morgan fingerprint density at radius 2 is 1.34 bits per heavy atom. The number of carbonyl (C=O) groups is 1. The van der Waals surface area contributed by atoms with Crippen molar-refractivity contribution in [3.63, 3.8) is 0 Å². The molecular weight excluding hydrogens is 484 g/mol. The van der Waals surface area contributed by atoms with Crippen molar-refractivity contribution in [1.29, 1.82) is 0 Å². The number of hydrogen-bond acceptors (Lipinski definition) is 6. The molecule has 9 heteroatoms. The highest BCUT2D eigenvalue weighted by Gasteiger charge is 2.47. The second-order valence-electron chi connectivity index (χ2n) is 9.02. The minimum Gasteiger partial charge on any atom is -0.374 e. The molecule has 5 atom stereocenters. The lowest BCUT2D eigenvalue weighted by molar-refractivity contribution is -0.231. The van der Waals surface area contributed by atoms with Crippen LogP contribution in [0, 0.1) is 0 Å². The van der Waals surface area contributed by atoms with Crippen molar-refractivity contribution in [2.75, 3.05) is 6.61 Å². The molecule has 0 spiro atoms. The predicted octanol–water partition coefficient (Wildman–Crippen LogP) is 4.91. The van der Waals surface area contributed by atoms with Crippen molar-refractivity contribution < 1.29 is 23.7 Å². The summed E-state index contributed by atoms with van der Waals surface area (Å²) in [6, 6.07) is 28.5. The molecular formula is C29H32N4O5. The topological polar surface area (TPSA) is 115 Å². The fraction of sp³-hybridized carbons (Fsp3) is 0.345. The molecule has 1 aliphatic rings. The molecule has 1 fully saturated rings. The Kier molecular flexibility index (Phi) is 10.3. The Hall–Kier alpha value is -3.72. The number of amides is 1. The van der Waals surface area contributed by atoms with Crippen molar-refractivity contribution in [1.82, 2.24) is 5.32 Å². The summed E-state index contributed by atoms with van der Waals surface area (Å²) in [6.07, 6.45) is -2.94. The van der Waals surface area contributed by atoms with E-state index in [2.05, 4.69) is 15.3 Å². The molecule has 4 rings (SSSR count). The average Bonchev–Trinajstić information content (AvgIpc) is 2.94. The highest BCUT2D eigenvalue weighted by atomic mass is 16.6. The van der Waals surface area contributed by atoms with Crippen molar-refractivity contribution in [3.8, 4) is 0 Å². The quantitative estimate of drug-likeness (QED) is 0.209. The monoisotopic (exact) mass is 516 g/mol. The van der Waals surface area contributed by atoms with Crippen LogP contribution in [-0.2, 0) is 43.6 Å². The van der Waals surface area contributed by atoms with E-state index in [9.17, 15) is 10.3 Å². The highest BCUT2D eigenvalue weighted by Crippen LogP contribution is 2.29. The Morgan fingerprint density at radius 3 is 1.84 bits per heavy atom. The van der Waals surface area contributed by atoms with Crippen molar-refractivity contribution in [3.05, 3.63) is 118 Å². The van der Waals surface area contributed by atoms with Gasteiger partial charge in [0.2, 0.25) is 5.91 Å². The zero-order valence-corrected chi connectivity index (χ0v) is 21.3. The third-order valence-electron chi connectivity index (χ3n) is 6.17. The third-order valence-corrected chi connectivity index (χ3v) is 6.17. The van der Waals surface area contributed by atoms with Crippen LogP contribution in [0.1, 0.15) is 23.6 Å². The van der Waals surface area contributed by atoms with Crippen LogP contribution < -0.4 is 5.32 Å². The number of rotatable bonds is 12. The fourth-order valence-corrected chi connectivity index (χ4v) is 4.39. The number of nitrogens with one attached hydrogen (secondary N) is 1. The first kappa shape index (κ1) is 27.3. The van der Waals surface area contributed by atoms with Crippen LogP contribution in [0.5, 0.6) is 0 Å². The lowest BCUT2D eigenvalue weighted by Crippen LogP contribution is -2.64. The third kappa shape index (κ3) is 7.89. The minimum atomic E-state index is -1.01. The molecule has 1 N–H and O–H groups in total. The van der Waals surface area contributed by atoms with Crippen molar-refractivity contribution in [2.24, 2.45) is 5.11 Å². The maximum atomic E-state index is 12.2. The Bertz CT molecular complexity index is 1180. The molecule has 0 aromatic heterocycles. The number of azide groups is 1. The molecule has 198 valence electrons. The molecule has 38 heavy (non-hydrogen) atoms. The Labute approximate surface area is 222 Å². The maximum Gasteiger partial charge on any atom is 0.217 e. The van der Waals surface area contributed by atoms with E-state index in [0.717, 1.165) is 16.7 Å². The molecule has 1 heterocycles. The van der Waals surface area contributed by atoms with E-state index in [4.69, 9.17) is 18.9 Å². The molecule has 1 amide bonds. The lowest BCUT2D eigenvalue weighted by Gasteiger charge is -2.45. The van der Waals surface area contributed by atoms with Crippen molar-refractivity contribution >= 4 is 5.91 Å². The molecule has 1 aliphatic heterocycles.